The molecule has 1 aromatic heterocycles. The molecule has 0 unspecified atom stereocenters. The van der Waals surface area contributed by atoms with Crippen LogP contribution in [0.3, 0.4) is 0 Å². The predicted octanol–water partition coefficient (Wildman–Crippen LogP) is 1.95. The van der Waals surface area contributed by atoms with Crippen molar-refractivity contribution < 1.29 is 4.39 Å². The molecule has 0 radical (unpaired) electrons. The number of H-pyrrole nitrogens is 1. The van der Waals surface area contributed by atoms with E-state index in [1.807, 2.05) is 0 Å². The van der Waals surface area contributed by atoms with Crippen molar-refractivity contribution in [1.82, 2.24) is 4.98 Å². The van der Waals surface area contributed by atoms with E-state index in [0.717, 1.165) is 12.3 Å². The van der Waals surface area contributed by atoms with Crippen molar-refractivity contribution in [1.29, 1.82) is 5.41 Å². The Balaban J connectivity index is 3.03. The van der Waals surface area contributed by atoms with Gasteiger partial charge in [-0.1, -0.05) is 6.07 Å². The van der Waals surface area contributed by atoms with Gasteiger partial charge in [0, 0.05) is 11.8 Å². The zero-order chi connectivity index (χ0) is 11.0. The number of pyridine rings is 1. The Kier molecular flexibility index (Phi) is 2.32. The number of fused-ring (bicyclic) bond motifs is 1. The lowest BCUT2D eigenvalue weighted by molar-refractivity contribution is 0.629. The molecule has 2 rings (SSSR count). The smallest absolute Gasteiger partial charge is 0.256 e. The molecule has 5 heteroatoms. The van der Waals surface area contributed by atoms with E-state index in [4.69, 9.17) is 5.41 Å². The minimum atomic E-state index is -0.476. The predicted molar refractivity (Wildman–Crippen MR) is 59.7 cm³/mol. The number of hydrogen-bond acceptors (Lipinski definition) is 3. The van der Waals surface area contributed by atoms with Crippen LogP contribution >= 0.6 is 12.6 Å². The zero-order valence-electron chi connectivity index (χ0n) is 7.54. The van der Waals surface area contributed by atoms with Crippen LogP contribution in [-0.2, 0) is 0 Å². The van der Waals surface area contributed by atoms with Crippen molar-refractivity contribution >= 4 is 29.6 Å². The van der Waals surface area contributed by atoms with Crippen LogP contribution in [0.2, 0.25) is 0 Å². The SMILES string of the molecule is N=Cc1c(S)[nH]c(=O)c2cc(F)ccc12. The van der Waals surface area contributed by atoms with Crippen molar-refractivity contribution in [2.45, 2.75) is 5.03 Å². The highest BCUT2D eigenvalue weighted by atomic mass is 32.1. The van der Waals surface area contributed by atoms with Gasteiger partial charge in [0.1, 0.15) is 5.82 Å². The number of hydrogen-bond donors (Lipinski definition) is 3. The van der Waals surface area contributed by atoms with Gasteiger partial charge in [-0.15, -0.1) is 12.6 Å². The normalized spacial score (nSPS) is 10.5. The lowest BCUT2D eigenvalue weighted by Gasteiger charge is -2.04. The summed E-state index contributed by atoms with van der Waals surface area (Å²) in [6.07, 6.45) is 1.08. The molecule has 0 fully saturated rings. The van der Waals surface area contributed by atoms with E-state index in [0.29, 0.717) is 16.0 Å². The van der Waals surface area contributed by atoms with E-state index in [1.54, 1.807) is 0 Å². The van der Waals surface area contributed by atoms with E-state index in [1.165, 1.54) is 12.1 Å². The van der Waals surface area contributed by atoms with Gasteiger partial charge in [-0.05, 0) is 17.5 Å². The number of aromatic amines is 1. The van der Waals surface area contributed by atoms with Crippen LogP contribution in [0.5, 0.6) is 0 Å². The van der Waals surface area contributed by atoms with Crippen LogP contribution in [0.25, 0.3) is 10.8 Å². The molecule has 0 bridgehead atoms. The molecule has 2 N–H and O–H groups in total. The van der Waals surface area contributed by atoms with Crippen LogP contribution < -0.4 is 5.56 Å². The summed E-state index contributed by atoms with van der Waals surface area (Å²) in [7, 11) is 0. The molecule has 15 heavy (non-hydrogen) atoms. The van der Waals surface area contributed by atoms with Gasteiger partial charge in [0.25, 0.3) is 5.56 Å². The van der Waals surface area contributed by atoms with Gasteiger partial charge in [0.05, 0.1) is 10.4 Å². The van der Waals surface area contributed by atoms with E-state index >= 15 is 0 Å². The van der Waals surface area contributed by atoms with Gasteiger partial charge in [0.2, 0.25) is 0 Å². The number of nitrogens with one attached hydrogen (secondary N) is 2. The monoisotopic (exact) mass is 222 g/mol. The Morgan fingerprint density at radius 3 is 2.80 bits per heavy atom. The fourth-order valence-corrected chi connectivity index (χ4v) is 1.74. The van der Waals surface area contributed by atoms with E-state index in [-0.39, 0.29) is 5.39 Å². The quantitative estimate of drug-likeness (QED) is 0.501. The number of thiol groups is 1. The number of benzene rings is 1. The van der Waals surface area contributed by atoms with Gasteiger partial charge >= 0.3 is 0 Å². The highest BCUT2D eigenvalue weighted by molar-refractivity contribution is 7.80. The highest BCUT2D eigenvalue weighted by Gasteiger charge is 2.07. The minimum absolute atomic E-state index is 0.228. The summed E-state index contributed by atoms with van der Waals surface area (Å²) in [5.74, 6) is -0.476. The Hall–Kier alpha value is -1.62. The Bertz CT molecular complexity index is 606. The fourth-order valence-electron chi connectivity index (χ4n) is 1.46. The first kappa shape index (κ1) is 9.92. The molecule has 76 valence electrons. The molecule has 0 saturated heterocycles. The summed E-state index contributed by atoms with van der Waals surface area (Å²) < 4.78 is 12.9. The molecule has 0 aliphatic rings. The molecule has 0 atom stereocenters. The number of halogens is 1. The van der Waals surface area contributed by atoms with E-state index < -0.39 is 11.4 Å². The van der Waals surface area contributed by atoms with Gasteiger partial charge in [0.15, 0.2) is 0 Å². The average Bonchev–Trinajstić information content (AvgIpc) is 2.19. The first-order valence-corrected chi connectivity index (χ1v) is 4.63. The second-order valence-electron chi connectivity index (χ2n) is 3.05. The highest BCUT2D eigenvalue weighted by Crippen LogP contribution is 2.19. The molecule has 2 aromatic rings. The lowest BCUT2D eigenvalue weighted by Crippen LogP contribution is -2.09. The van der Waals surface area contributed by atoms with Crippen LogP contribution in [-0.4, -0.2) is 11.2 Å². The molecule has 0 saturated carbocycles. The Labute approximate surface area is 89.9 Å². The van der Waals surface area contributed by atoms with Crippen LogP contribution in [0.15, 0.2) is 28.0 Å². The maximum absolute atomic E-state index is 12.9. The van der Waals surface area contributed by atoms with Gasteiger partial charge in [-0.25, -0.2) is 4.39 Å². The third-order valence-corrected chi connectivity index (χ3v) is 2.50. The molecular weight excluding hydrogens is 215 g/mol. The molecule has 3 nitrogen and oxygen atoms in total. The lowest BCUT2D eigenvalue weighted by atomic mass is 10.1. The molecule has 0 aliphatic carbocycles. The second kappa shape index (κ2) is 3.51. The molecule has 0 amide bonds. The van der Waals surface area contributed by atoms with E-state index in [9.17, 15) is 9.18 Å². The van der Waals surface area contributed by atoms with Crippen LogP contribution in [0, 0.1) is 11.2 Å². The third-order valence-electron chi connectivity index (χ3n) is 2.15. The maximum atomic E-state index is 12.9. The topological polar surface area (TPSA) is 56.7 Å². The second-order valence-corrected chi connectivity index (χ2v) is 3.50. The molecular formula is C10H7FN2OS. The summed E-state index contributed by atoms with van der Waals surface area (Å²) in [6.45, 7) is 0. The zero-order valence-corrected chi connectivity index (χ0v) is 8.44. The summed E-state index contributed by atoms with van der Waals surface area (Å²) >= 11 is 4.05. The number of aromatic nitrogens is 1. The van der Waals surface area contributed by atoms with Gasteiger partial charge in [-0.2, -0.15) is 0 Å². The number of rotatable bonds is 1. The van der Waals surface area contributed by atoms with Crippen LogP contribution in [0.4, 0.5) is 4.39 Å². The van der Waals surface area contributed by atoms with E-state index in [2.05, 4.69) is 17.6 Å². The van der Waals surface area contributed by atoms with Crippen molar-refractivity contribution in [2.75, 3.05) is 0 Å². The minimum Gasteiger partial charge on any atom is -0.316 e. The largest absolute Gasteiger partial charge is 0.316 e. The molecule has 0 spiro atoms. The standard InChI is InChI=1S/C10H7FN2OS/c11-5-1-2-6-7(3-5)9(14)13-10(15)8(6)4-12/h1-4,12H,(H2,13,14,15). The summed E-state index contributed by atoms with van der Waals surface area (Å²) in [5, 5.41) is 8.27. The first-order chi connectivity index (χ1) is 7.13. The maximum Gasteiger partial charge on any atom is 0.256 e. The summed E-state index contributed by atoms with van der Waals surface area (Å²) in [6, 6.07) is 3.87. The van der Waals surface area contributed by atoms with Crippen molar-refractivity contribution in [3.63, 3.8) is 0 Å². The Morgan fingerprint density at radius 1 is 1.40 bits per heavy atom. The molecule has 1 heterocycles. The first-order valence-electron chi connectivity index (χ1n) is 4.18. The summed E-state index contributed by atoms with van der Waals surface area (Å²) in [5.41, 5.74) is 0.0769. The average molecular weight is 222 g/mol. The van der Waals surface area contributed by atoms with Crippen molar-refractivity contribution in [2.24, 2.45) is 0 Å². The van der Waals surface area contributed by atoms with Gasteiger partial charge in [-0.3, -0.25) is 4.79 Å². The van der Waals surface area contributed by atoms with Crippen molar-refractivity contribution in [3.8, 4) is 0 Å². The van der Waals surface area contributed by atoms with Crippen molar-refractivity contribution in [3.05, 3.63) is 39.9 Å². The fraction of sp³-hybridized carbons (Fsp3) is 0. The molecule has 0 aliphatic heterocycles. The Morgan fingerprint density at radius 2 is 2.13 bits per heavy atom. The molecule has 1 aromatic carbocycles. The van der Waals surface area contributed by atoms with Gasteiger partial charge < -0.3 is 10.4 Å². The third kappa shape index (κ3) is 1.55. The van der Waals surface area contributed by atoms with Crippen LogP contribution in [0.1, 0.15) is 5.56 Å². The summed E-state index contributed by atoms with van der Waals surface area (Å²) in [4.78, 5) is 13.9.